The Morgan fingerprint density at radius 2 is 2.50 bits per heavy atom. The van der Waals surface area contributed by atoms with Crippen molar-refractivity contribution in [1.29, 1.82) is 0 Å². The molecular weight excluding hydrogens is 244 g/mol. The fourth-order valence-electron chi connectivity index (χ4n) is 1.99. The van der Waals surface area contributed by atoms with Crippen molar-refractivity contribution in [2.24, 2.45) is 0 Å². The van der Waals surface area contributed by atoms with Gasteiger partial charge in [-0.25, -0.2) is 4.98 Å². The van der Waals surface area contributed by atoms with Crippen molar-refractivity contribution in [3.63, 3.8) is 0 Å². The summed E-state index contributed by atoms with van der Waals surface area (Å²) < 4.78 is 0. The summed E-state index contributed by atoms with van der Waals surface area (Å²) in [4.78, 5) is 6.75. The molecule has 2 rings (SSSR count). The number of aromatic nitrogens is 1. The first-order valence-electron chi connectivity index (χ1n) is 5.67. The van der Waals surface area contributed by atoms with E-state index in [0.717, 1.165) is 44.6 Å². The molecule has 0 aliphatic carbocycles. The van der Waals surface area contributed by atoms with E-state index in [9.17, 15) is 5.11 Å². The van der Waals surface area contributed by atoms with Crippen molar-refractivity contribution >= 4 is 22.9 Å². The van der Waals surface area contributed by atoms with Gasteiger partial charge in [0.25, 0.3) is 0 Å². The van der Waals surface area contributed by atoms with E-state index >= 15 is 0 Å². The Bertz CT molecular complexity index is 332. The molecule has 1 saturated heterocycles. The number of hydrogen-bond acceptors (Lipinski definition) is 4. The van der Waals surface area contributed by atoms with Gasteiger partial charge in [0.05, 0.1) is 22.7 Å². The van der Waals surface area contributed by atoms with Crippen LogP contribution < -0.4 is 0 Å². The molecule has 0 aromatic carbocycles. The van der Waals surface area contributed by atoms with E-state index in [1.54, 1.807) is 11.3 Å². The second-order valence-electron chi connectivity index (χ2n) is 4.21. The standard InChI is InChI=1S/C11H17ClN2OS/c12-6-9-8-16-11(13-9)2-1-4-14-5-3-10(15)7-14/h8,10,15H,1-7H2. The highest BCUT2D eigenvalue weighted by Crippen LogP contribution is 2.15. The minimum absolute atomic E-state index is 0.109. The number of aliphatic hydroxyl groups is 1. The highest BCUT2D eigenvalue weighted by Gasteiger charge is 2.19. The number of alkyl halides is 1. The van der Waals surface area contributed by atoms with E-state index in [4.69, 9.17) is 11.6 Å². The van der Waals surface area contributed by atoms with Crippen molar-refractivity contribution in [3.05, 3.63) is 16.1 Å². The molecule has 90 valence electrons. The molecule has 1 aromatic heterocycles. The minimum atomic E-state index is -0.109. The zero-order valence-electron chi connectivity index (χ0n) is 9.23. The lowest BCUT2D eigenvalue weighted by Crippen LogP contribution is -2.23. The largest absolute Gasteiger partial charge is 0.392 e. The molecule has 1 aliphatic heterocycles. The summed E-state index contributed by atoms with van der Waals surface area (Å²) >= 11 is 7.40. The van der Waals surface area contributed by atoms with Crippen molar-refractivity contribution in [3.8, 4) is 0 Å². The number of thiazole rings is 1. The molecule has 1 N–H and O–H groups in total. The van der Waals surface area contributed by atoms with Gasteiger partial charge in [-0.2, -0.15) is 0 Å². The third-order valence-corrected chi connectivity index (χ3v) is 4.08. The van der Waals surface area contributed by atoms with Crippen LogP contribution in [0.25, 0.3) is 0 Å². The summed E-state index contributed by atoms with van der Waals surface area (Å²) in [7, 11) is 0. The van der Waals surface area contributed by atoms with Crippen molar-refractivity contribution in [2.45, 2.75) is 31.2 Å². The van der Waals surface area contributed by atoms with Gasteiger partial charge in [-0.3, -0.25) is 0 Å². The van der Waals surface area contributed by atoms with Gasteiger partial charge in [0, 0.05) is 24.9 Å². The Morgan fingerprint density at radius 1 is 1.62 bits per heavy atom. The van der Waals surface area contributed by atoms with Crippen LogP contribution in [0.1, 0.15) is 23.5 Å². The summed E-state index contributed by atoms with van der Waals surface area (Å²) in [6.07, 6.45) is 2.95. The molecule has 16 heavy (non-hydrogen) atoms. The van der Waals surface area contributed by atoms with E-state index in [0.29, 0.717) is 5.88 Å². The first-order chi connectivity index (χ1) is 7.78. The maximum absolute atomic E-state index is 9.38. The number of rotatable bonds is 5. The van der Waals surface area contributed by atoms with E-state index in [-0.39, 0.29) is 6.10 Å². The van der Waals surface area contributed by atoms with E-state index in [1.807, 2.05) is 5.38 Å². The lowest BCUT2D eigenvalue weighted by atomic mass is 10.3. The molecule has 1 atom stereocenters. The van der Waals surface area contributed by atoms with Gasteiger partial charge in [-0.1, -0.05) is 0 Å². The predicted octanol–water partition coefficient (Wildman–Crippen LogP) is 1.88. The lowest BCUT2D eigenvalue weighted by molar-refractivity contribution is 0.176. The molecule has 5 heteroatoms. The third kappa shape index (κ3) is 3.42. The average molecular weight is 261 g/mol. The molecule has 0 saturated carbocycles. The number of nitrogens with zero attached hydrogens (tertiary/aromatic N) is 2. The Balaban J connectivity index is 1.67. The van der Waals surface area contributed by atoms with Crippen LogP contribution in [0.5, 0.6) is 0 Å². The summed E-state index contributed by atoms with van der Waals surface area (Å²) in [6, 6.07) is 0. The number of likely N-dealkylation sites (tertiary alicyclic amines) is 1. The molecule has 1 aliphatic rings. The lowest BCUT2D eigenvalue weighted by Gasteiger charge is -2.13. The maximum atomic E-state index is 9.38. The zero-order chi connectivity index (χ0) is 11.4. The van der Waals surface area contributed by atoms with Crippen molar-refractivity contribution in [1.82, 2.24) is 9.88 Å². The monoisotopic (exact) mass is 260 g/mol. The Morgan fingerprint density at radius 3 is 3.12 bits per heavy atom. The molecule has 1 unspecified atom stereocenters. The molecule has 3 nitrogen and oxygen atoms in total. The van der Waals surface area contributed by atoms with Crippen LogP contribution in [0.4, 0.5) is 0 Å². The first-order valence-corrected chi connectivity index (χ1v) is 7.09. The third-order valence-electron chi connectivity index (χ3n) is 2.85. The van der Waals surface area contributed by atoms with Crippen LogP contribution >= 0.6 is 22.9 Å². The van der Waals surface area contributed by atoms with E-state index < -0.39 is 0 Å². The van der Waals surface area contributed by atoms with Gasteiger partial charge in [0.1, 0.15) is 0 Å². The van der Waals surface area contributed by atoms with Gasteiger partial charge in [0.2, 0.25) is 0 Å². The van der Waals surface area contributed by atoms with Crippen LogP contribution in [0.3, 0.4) is 0 Å². The summed E-state index contributed by atoms with van der Waals surface area (Å²) in [5, 5.41) is 12.6. The first kappa shape index (κ1) is 12.3. The average Bonchev–Trinajstić information content (AvgIpc) is 2.88. The quantitative estimate of drug-likeness (QED) is 0.822. The number of aryl methyl sites for hydroxylation is 1. The fraction of sp³-hybridized carbons (Fsp3) is 0.727. The molecular formula is C11H17ClN2OS. The van der Waals surface area contributed by atoms with Gasteiger partial charge >= 0.3 is 0 Å². The minimum Gasteiger partial charge on any atom is -0.392 e. The van der Waals surface area contributed by atoms with Gasteiger partial charge in [-0.05, 0) is 19.4 Å². The number of β-amino-alcohol motifs (C(OH)–C–C–N with tert-alkyl or cyclic N) is 1. The van der Waals surface area contributed by atoms with Gasteiger partial charge in [0.15, 0.2) is 0 Å². The van der Waals surface area contributed by atoms with Gasteiger partial charge in [-0.15, -0.1) is 22.9 Å². The molecule has 1 aromatic rings. The Kier molecular flexibility index (Phi) is 4.58. The summed E-state index contributed by atoms with van der Waals surface area (Å²) in [5.41, 5.74) is 0.985. The van der Waals surface area contributed by atoms with Crippen LogP contribution in [0, 0.1) is 0 Å². The van der Waals surface area contributed by atoms with Crippen LogP contribution in [-0.2, 0) is 12.3 Å². The Labute approximate surface area is 105 Å². The molecule has 0 bridgehead atoms. The number of halogens is 1. The van der Waals surface area contributed by atoms with E-state index in [2.05, 4.69) is 9.88 Å². The van der Waals surface area contributed by atoms with Crippen LogP contribution in [0.2, 0.25) is 0 Å². The molecule has 0 radical (unpaired) electrons. The van der Waals surface area contributed by atoms with Crippen LogP contribution in [0.15, 0.2) is 5.38 Å². The molecule has 2 heterocycles. The Hall–Kier alpha value is -0.160. The molecule has 0 spiro atoms. The van der Waals surface area contributed by atoms with Gasteiger partial charge < -0.3 is 10.0 Å². The van der Waals surface area contributed by atoms with Crippen molar-refractivity contribution < 1.29 is 5.11 Å². The number of hydrogen-bond donors (Lipinski definition) is 1. The number of aliphatic hydroxyl groups excluding tert-OH is 1. The second-order valence-corrected chi connectivity index (χ2v) is 5.42. The SMILES string of the molecule is OC1CCN(CCCc2nc(CCl)cs2)C1. The summed E-state index contributed by atoms with van der Waals surface area (Å²) in [5.74, 6) is 0.509. The predicted molar refractivity (Wildman–Crippen MR) is 67.1 cm³/mol. The highest BCUT2D eigenvalue weighted by atomic mass is 35.5. The fourth-order valence-corrected chi connectivity index (χ4v) is 3.06. The highest BCUT2D eigenvalue weighted by molar-refractivity contribution is 7.09. The maximum Gasteiger partial charge on any atom is 0.0929 e. The second kappa shape index (κ2) is 5.96. The van der Waals surface area contributed by atoms with Crippen LogP contribution in [-0.4, -0.2) is 40.7 Å². The van der Waals surface area contributed by atoms with E-state index in [1.165, 1.54) is 5.01 Å². The smallest absolute Gasteiger partial charge is 0.0929 e. The molecule has 1 fully saturated rings. The van der Waals surface area contributed by atoms with Crippen molar-refractivity contribution in [2.75, 3.05) is 19.6 Å². The molecule has 0 amide bonds. The zero-order valence-corrected chi connectivity index (χ0v) is 10.8. The topological polar surface area (TPSA) is 36.4 Å². The normalized spacial score (nSPS) is 21.8. The summed E-state index contributed by atoms with van der Waals surface area (Å²) in [6.45, 7) is 2.93.